The van der Waals surface area contributed by atoms with Crippen LogP contribution in [0.1, 0.15) is 58.3 Å². The van der Waals surface area contributed by atoms with Gasteiger partial charge in [-0.1, -0.05) is 32.8 Å². The van der Waals surface area contributed by atoms with Gasteiger partial charge in [0.2, 0.25) is 0 Å². The van der Waals surface area contributed by atoms with Crippen LogP contribution in [0.2, 0.25) is 0 Å². The highest BCUT2D eigenvalue weighted by Gasteiger charge is 2.51. The molecule has 0 radical (unpaired) electrons. The summed E-state index contributed by atoms with van der Waals surface area (Å²) in [5.74, 6) is 0.175. The van der Waals surface area contributed by atoms with Gasteiger partial charge < -0.3 is 4.74 Å². The highest BCUT2D eigenvalue weighted by atomic mass is 16.6. The van der Waals surface area contributed by atoms with Crippen molar-refractivity contribution in [2.75, 3.05) is 0 Å². The molecule has 0 bridgehead atoms. The number of unbranched alkanes of at least 4 members (excludes halogenated alkanes) is 2. The summed E-state index contributed by atoms with van der Waals surface area (Å²) in [7, 11) is 0. The first-order valence-electron chi connectivity index (χ1n) is 6.62. The van der Waals surface area contributed by atoms with Gasteiger partial charge in [0.1, 0.15) is 5.60 Å². The highest BCUT2D eigenvalue weighted by Crippen LogP contribution is 2.48. The van der Waals surface area contributed by atoms with Crippen LogP contribution in [0.25, 0.3) is 0 Å². The van der Waals surface area contributed by atoms with Crippen LogP contribution in [-0.2, 0) is 9.53 Å². The van der Waals surface area contributed by atoms with Crippen molar-refractivity contribution in [3.05, 3.63) is 12.2 Å². The molecule has 0 amide bonds. The van der Waals surface area contributed by atoms with E-state index in [1.807, 2.05) is 0 Å². The van der Waals surface area contributed by atoms with Gasteiger partial charge in [-0.15, -0.1) is 0 Å². The number of ether oxygens (including phenoxy) is 1. The van der Waals surface area contributed by atoms with Gasteiger partial charge in [-0.25, -0.2) is 4.79 Å². The summed E-state index contributed by atoms with van der Waals surface area (Å²) < 4.78 is 5.67. The van der Waals surface area contributed by atoms with Crippen LogP contribution in [-0.4, -0.2) is 11.6 Å². The lowest BCUT2D eigenvalue weighted by Gasteiger charge is -2.37. The van der Waals surface area contributed by atoms with Gasteiger partial charge in [0, 0.05) is 11.5 Å². The molecule has 0 aromatic carbocycles. The molecule has 0 unspecified atom stereocenters. The van der Waals surface area contributed by atoms with E-state index in [0.29, 0.717) is 5.92 Å². The van der Waals surface area contributed by atoms with Crippen LogP contribution < -0.4 is 0 Å². The second kappa shape index (κ2) is 4.60. The molecular weight excluding hydrogens is 200 g/mol. The van der Waals surface area contributed by atoms with E-state index in [4.69, 9.17) is 4.74 Å². The number of rotatable bonds is 4. The van der Waals surface area contributed by atoms with Crippen molar-refractivity contribution < 1.29 is 9.53 Å². The Hall–Kier alpha value is -0.790. The number of fused-ring (bicyclic) bond motifs is 1. The topological polar surface area (TPSA) is 26.3 Å². The predicted molar refractivity (Wildman–Crippen MR) is 64.1 cm³/mol. The maximum Gasteiger partial charge on any atom is 0.334 e. The minimum absolute atomic E-state index is 0.136. The Balaban J connectivity index is 2.08. The van der Waals surface area contributed by atoms with Gasteiger partial charge in [-0.05, 0) is 32.1 Å². The molecule has 0 aromatic rings. The lowest BCUT2D eigenvalue weighted by atomic mass is 9.71. The van der Waals surface area contributed by atoms with Crippen molar-refractivity contribution >= 4 is 5.97 Å². The van der Waals surface area contributed by atoms with Gasteiger partial charge in [0.15, 0.2) is 0 Å². The van der Waals surface area contributed by atoms with Gasteiger partial charge in [-0.2, -0.15) is 0 Å². The van der Waals surface area contributed by atoms with Crippen LogP contribution in [0.5, 0.6) is 0 Å². The Morgan fingerprint density at radius 3 is 3.00 bits per heavy atom. The summed E-state index contributed by atoms with van der Waals surface area (Å²) in [5, 5.41) is 0. The molecule has 1 aliphatic carbocycles. The van der Waals surface area contributed by atoms with Crippen LogP contribution in [0.3, 0.4) is 0 Å². The minimum Gasteiger partial charge on any atom is -0.455 e. The van der Waals surface area contributed by atoms with Crippen molar-refractivity contribution in [3.63, 3.8) is 0 Å². The fourth-order valence-corrected chi connectivity index (χ4v) is 3.24. The number of hydrogen-bond donors (Lipinski definition) is 0. The molecule has 2 aliphatic rings. The molecule has 2 heteroatoms. The Bertz CT molecular complexity index is 295. The van der Waals surface area contributed by atoms with Gasteiger partial charge in [-0.3, -0.25) is 0 Å². The molecule has 1 saturated carbocycles. The standard InChI is InChI=1S/C14H22O2/c1-3-4-6-9-14-10-7-5-8-12(14)11(2)13(15)16-14/h12H,2-10H2,1H3/t12-,14+/m0/s1. The molecule has 2 atom stereocenters. The Kier molecular flexibility index (Phi) is 3.36. The van der Waals surface area contributed by atoms with E-state index in [1.54, 1.807) is 0 Å². The van der Waals surface area contributed by atoms with Crippen LogP contribution >= 0.6 is 0 Å². The first-order chi connectivity index (χ1) is 7.69. The van der Waals surface area contributed by atoms with Crippen molar-refractivity contribution in [3.8, 4) is 0 Å². The molecule has 90 valence electrons. The van der Waals surface area contributed by atoms with E-state index in [1.165, 1.54) is 32.1 Å². The lowest BCUT2D eigenvalue weighted by Crippen LogP contribution is -2.38. The maximum atomic E-state index is 11.7. The predicted octanol–water partition coefficient (Wildman–Crippen LogP) is 3.61. The fraction of sp³-hybridized carbons (Fsp3) is 0.786. The van der Waals surface area contributed by atoms with E-state index in [-0.39, 0.29) is 11.6 Å². The third-order valence-corrected chi connectivity index (χ3v) is 4.16. The molecular formula is C14H22O2. The molecule has 0 spiro atoms. The number of hydrogen-bond acceptors (Lipinski definition) is 2. The van der Waals surface area contributed by atoms with Crippen LogP contribution in [0.15, 0.2) is 12.2 Å². The molecule has 1 saturated heterocycles. The summed E-state index contributed by atoms with van der Waals surface area (Å²) in [6.45, 7) is 6.12. The molecule has 16 heavy (non-hydrogen) atoms. The van der Waals surface area contributed by atoms with Crippen LogP contribution in [0, 0.1) is 5.92 Å². The number of carbonyl (C=O) groups is 1. The zero-order valence-electron chi connectivity index (χ0n) is 10.3. The van der Waals surface area contributed by atoms with Gasteiger partial charge >= 0.3 is 5.97 Å². The van der Waals surface area contributed by atoms with Crippen molar-refractivity contribution in [1.29, 1.82) is 0 Å². The summed E-state index contributed by atoms with van der Waals surface area (Å²) in [5.41, 5.74) is 0.567. The third kappa shape index (κ3) is 1.90. The normalized spacial score (nSPS) is 33.7. The first-order valence-corrected chi connectivity index (χ1v) is 6.62. The van der Waals surface area contributed by atoms with Gasteiger partial charge in [0.05, 0.1) is 0 Å². The lowest BCUT2D eigenvalue weighted by molar-refractivity contribution is -0.151. The first kappa shape index (κ1) is 11.7. The van der Waals surface area contributed by atoms with E-state index in [0.717, 1.165) is 24.8 Å². The maximum absolute atomic E-state index is 11.7. The fourth-order valence-electron chi connectivity index (χ4n) is 3.24. The van der Waals surface area contributed by atoms with Crippen molar-refractivity contribution in [2.24, 2.45) is 5.92 Å². The third-order valence-electron chi connectivity index (χ3n) is 4.16. The zero-order valence-corrected chi connectivity index (χ0v) is 10.3. The van der Waals surface area contributed by atoms with Crippen molar-refractivity contribution in [1.82, 2.24) is 0 Å². The second-order valence-electron chi connectivity index (χ2n) is 5.24. The average molecular weight is 222 g/mol. The van der Waals surface area contributed by atoms with E-state index < -0.39 is 0 Å². The minimum atomic E-state index is -0.165. The smallest absolute Gasteiger partial charge is 0.334 e. The number of esters is 1. The summed E-state index contributed by atoms with van der Waals surface area (Å²) >= 11 is 0. The summed E-state index contributed by atoms with van der Waals surface area (Å²) in [6, 6.07) is 0. The van der Waals surface area contributed by atoms with Gasteiger partial charge in [0.25, 0.3) is 0 Å². The van der Waals surface area contributed by atoms with E-state index >= 15 is 0 Å². The molecule has 2 rings (SSSR count). The number of carbonyl (C=O) groups excluding carboxylic acids is 1. The molecule has 2 fully saturated rings. The van der Waals surface area contributed by atoms with Crippen molar-refractivity contribution in [2.45, 2.75) is 63.9 Å². The molecule has 2 nitrogen and oxygen atoms in total. The SMILES string of the molecule is C=C1C(=O)O[C@]2(CCCCC)CCCC[C@@H]12. The van der Waals surface area contributed by atoms with E-state index in [2.05, 4.69) is 13.5 Å². The summed E-state index contributed by atoms with van der Waals surface area (Å²) in [4.78, 5) is 11.7. The largest absolute Gasteiger partial charge is 0.455 e. The van der Waals surface area contributed by atoms with E-state index in [9.17, 15) is 4.79 Å². The Labute approximate surface area is 98.1 Å². The Morgan fingerprint density at radius 2 is 2.25 bits per heavy atom. The van der Waals surface area contributed by atoms with Crippen LogP contribution in [0.4, 0.5) is 0 Å². The monoisotopic (exact) mass is 222 g/mol. The summed E-state index contributed by atoms with van der Waals surface area (Å²) in [6.07, 6.45) is 9.22. The molecule has 0 N–H and O–H groups in total. The molecule has 1 heterocycles. The molecule has 1 aliphatic heterocycles. The average Bonchev–Trinajstić information content (AvgIpc) is 2.53. The zero-order chi connectivity index (χ0) is 11.6. The Morgan fingerprint density at radius 1 is 1.44 bits per heavy atom. The second-order valence-corrected chi connectivity index (χ2v) is 5.24. The quantitative estimate of drug-likeness (QED) is 0.412. The highest BCUT2D eigenvalue weighted by molar-refractivity contribution is 5.91. The molecule has 0 aromatic heterocycles.